The van der Waals surface area contributed by atoms with E-state index in [0.717, 1.165) is 74.6 Å². The normalized spacial score (nSPS) is 23.7. The van der Waals surface area contributed by atoms with E-state index in [1.54, 1.807) is 35.5 Å². The maximum absolute atomic E-state index is 14.0. The van der Waals surface area contributed by atoms with Crippen molar-refractivity contribution in [2.24, 2.45) is 9.78 Å². The molecule has 4 saturated heterocycles. The van der Waals surface area contributed by atoms with Gasteiger partial charge in [-0.2, -0.15) is 0 Å². The number of nitrogens with zero attached hydrogens (tertiary/aromatic N) is 6. The Morgan fingerprint density at radius 3 is 2.51 bits per heavy atom. The number of amides is 1. The average molecular weight is 978 g/mol. The second-order valence-electron chi connectivity index (χ2n) is 20.0. The Kier molecular flexibility index (Phi) is 12.3. The maximum Gasteiger partial charge on any atom is 0.312 e. The number of sulfonamides is 1. The van der Waals surface area contributed by atoms with Crippen molar-refractivity contribution < 1.29 is 31.8 Å². The van der Waals surface area contributed by atoms with E-state index >= 15 is 0 Å². The van der Waals surface area contributed by atoms with Gasteiger partial charge in [0.2, 0.25) is 5.82 Å². The van der Waals surface area contributed by atoms with Crippen LogP contribution in [0.3, 0.4) is 0 Å². The van der Waals surface area contributed by atoms with Crippen LogP contribution in [0.25, 0.3) is 11.0 Å². The number of carbonyl (C=O) groups is 1. The second-order valence-corrected chi connectivity index (χ2v) is 24.3. The third-order valence-corrected chi connectivity index (χ3v) is 19.2. The SMILES string of the molecule is O=C(NS(=O)(=O)c1cnc(NCC2CCC(N=S3(=O)CCCC3)CO2)c([N+](=O)[O-])c1)c1ccc(N2CCC3(CC2)CC(N2CCC[C@@H]2c2ccccc2C2CC2)C3)cc1Oc1cnc2[nH]ccc2c1. The minimum Gasteiger partial charge on any atom is -0.455 e. The van der Waals surface area contributed by atoms with Crippen LogP contribution in [0, 0.1) is 15.5 Å². The lowest BCUT2D eigenvalue weighted by molar-refractivity contribution is -0.384. The summed E-state index contributed by atoms with van der Waals surface area (Å²) in [6, 6.07) is 19.7. The molecule has 3 N–H and O–H groups in total. The largest absolute Gasteiger partial charge is 0.455 e. The molecule has 11 rings (SSSR count). The molecule has 7 heterocycles. The van der Waals surface area contributed by atoms with Crippen molar-refractivity contribution in [3.8, 4) is 11.5 Å². The van der Waals surface area contributed by atoms with E-state index in [1.165, 1.54) is 44.7 Å². The zero-order valence-electron chi connectivity index (χ0n) is 38.6. The van der Waals surface area contributed by atoms with Crippen molar-refractivity contribution >= 4 is 53.9 Å². The van der Waals surface area contributed by atoms with Crippen LogP contribution in [0.5, 0.6) is 11.5 Å². The van der Waals surface area contributed by atoms with Gasteiger partial charge in [0.05, 0.1) is 41.6 Å². The lowest BCUT2D eigenvalue weighted by Gasteiger charge is -2.56. The first-order valence-corrected chi connectivity index (χ1v) is 27.9. The average Bonchev–Trinajstić information content (AvgIpc) is 3.64. The number of aromatic amines is 1. The van der Waals surface area contributed by atoms with Gasteiger partial charge in [0.1, 0.15) is 22.0 Å². The van der Waals surface area contributed by atoms with E-state index in [9.17, 15) is 27.5 Å². The molecule has 1 amide bonds. The number of nitrogens with one attached hydrogen (secondary N) is 3. The summed E-state index contributed by atoms with van der Waals surface area (Å²) in [6.07, 6.45) is 16.7. The van der Waals surface area contributed by atoms with Crippen LogP contribution in [0.1, 0.15) is 110 Å². The lowest BCUT2D eigenvalue weighted by atomic mass is 9.59. The number of anilines is 2. The molecule has 3 atom stereocenters. The minimum atomic E-state index is -4.66. The summed E-state index contributed by atoms with van der Waals surface area (Å²) < 4.78 is 59.5. The van der Waals surface area contributed by atoms with Gasteiger partial charge in [-0.1, -0.05) is 24.3 Å². The highest BCUT2D eigenvalue weighted by Gasteiger charge is 2.50. The first kappa shape index (κ1) is 45.8. The van der Waals surface area contributed by atoms with Gasteiger partial charge in [-0.05, 0) is 130 Å². The Hall–Kier alpha value is -5.63. The van der Waals surface area contributed by atoms with E-state index in [1.807, 2.05) is 12.1 Å². The van der Waals surface area contributed by atoms with Crippen molar-refractivity contribution in [2.75, 3.05) is 54.5 Å². The standard InChI is InChI=1S/C50H59N9O8S2/c60-49(56-69(64,65)40-26-45(59(61)62)48(54-31-40)53-29-38-13-11-35(32-66-38)55-68(63)22-3-4-23-68)43-14-12-36(25-46(43)67-39-24-34-15-18-51-47(34)52-30-39)57-20-16-50(17-21-57)27-37(28-50)58-19-5-8-44(58)42-7-2-1-6-41(42)33-9-10-33/h1-2,6-7,12,14-15,18,24-26,30-31,33,35,37-38,44H,3-5,8-11,13,16-17,19-23,27-29,32H2,(H,51,52)(H,53,54)(H,56,60)/t35?,38?,44-/m1/s1. The van der Waals surface area contributed by atoms with Gasteiger partial charge >= 0.3 is 5.69 Å². The molecule has 0 bridgehead atoms. The van der Waals surface area contributed by atoms with Gasteiger partial charge in [0.15, 0.2) is 0 Å². The fourth-order valence-corrected chi connectivity index (χ4v) is 14.9. The molecule has 2 unspecified atom stereocenters. The number of piperidine rings is 1. The van der Waals surface area contributed by atoms with Gasteiger partial charge < -0.3 is 24.7 Å². The molecule has 6 aliphatic rings. The smallest absolute Gasteiger partial charge is 0.312 e. The van der Waals surface area contributed by atoms with Crippen molar-refractivity contribution in [1.82, 2.24) is 24.6 Å². The molecule has 19 heteroatoms. The number of fused-ring (bicyclic) bond motifs is 1. The maximum atomic E-state index is 14.0. The number of ether oxygens (including phenoxy) is 2. The predicted octanol–water partition coefficient (Wildman–Crippen LogP) is 8.46. The summed E-state index contributed by atoms with van der Waals surface area (Å²) in [6.45, 7) is 3.32. The Balaban J connectivity index is 0.760. The summed E-state index contributed by atoms with van der Waals surface area (Å²) in [5.41, 5.74) is 4.30. The van der Waals surface area contributed by atoms with Crippen molar-refractivity contribution in [1.29, 1.82) is 0 Å². The van der Waals surface area contributed by atoms with Gasteiger partial charge in [-0.25, -0.2) is 31.7 Å². The Labute approximate surface area is 402 Å². The number of pyridine rings is 2. The number of rotatable bonds is 14. The molecule has 3 aromatic heterocycles. The highest BCUT2D eigenvalue weighted by atomic mass is 32.2. The van der Waals surface area contributed by atoms with Gasteiger partial charge in [0.25, 0.3) is 15.9 Å². The third kappa shape index (κ3) is 9.66. The van der Waals surface area contributed by atoms with Gasteiger partial charge in [-0.15, -0.1) is 0 Å². The number of H-pyrrole nitrogens is 1. The Morgan fingerprint density at radius 2 is 1.75 bits per heavy atom. The molecule has 0 radical (unpaired) electrons. The number of hydrogen-bond donors (Lipinski definition) is 3. The van der Waals surface area contributed by atoms with Crippen LogP contribution in [0.2, 0.25) is 0 Å². The number of benzene rings is 2. The zero-order valence-corrected chi connectivity index (χ0v) is 40.2. The van der Waals surface area contributed by atoms with Crippen LogP contribution >= 0.6 is 0 Å². The zero-order chi connectivity index (χ0) is 47.3. The van der Waals surface area contributed by atoms with Crippen molar-refractivity contribution in [3.05, 3.63) is 106 Å². The Bertz CT molecular complexity index is 2990. The van der Waals surface area contributed by atoms with Crippen molar-refractivity contribution in [3.63, 3.8) is 0 Å². The van der Waals surface area contributed by atoms with Crippen LogP contribution in [-0.2, 0) is 24.5 Å². The molecule has 6 fully saturated rings. The predicted molar refractivity (Wildman–Crippen MR) is 263 cm³/mol. The molecule has 2 saturated carbocycles. The fourth-order valence-electron chi connectivity index (χ4n) is 11.5. The fraction of sp³-hybridized carbons (Fsp3) is 0.500. The highest BCUT2D eigenvalue weighted by Crippen LogP contribution is 2.55. The van der Waals surface area contributed by atoms with E-state index in [4.69, 9.17) is 9.47 Å². The summed E-state index contributed by atoms with van der Waals surface area (Å²) >= 11 is 0. The van der Waals surface area contributed by atoms with Crippen LogP contribution in [0.15, 0.2) is 88.5 Å². The molecule has 17 nitrogen and oxygen atoms in total. The molecule has 2 aliphatic carbocycles. The van der Waals surface area contributed by atoms with E-state index in [0.29, 0.717) is 59.8 Å². The first-order valence-electron chi connectivity index (χ1n) is 24.5. The molecule has 364 valence electrons. The summed E-state index contributed by atoms with van der Waals surface area (Å²) in [5.74, 6) is 1.36. The molecular formula is C50H59N9O8S2. The number of nitro groups is 1. The van der Waals surface area contributed by atoms with Gasteiger partial charge in [0, 0.05) is 82.4 Å². The summed E-state index contributed by atoms with van der Waals surface area (Å²) in [7, 11) is -6.82. The number of likely N-dealkylation sites (tertiary alicyclic amines) is 1. The van der Waals surface area contributed by atoms with E-state index < -0.39 is 41.2 Å². The highest BCUT2D eigenvalue weighted by molar-refractivity contribution is 7.93. The van der Waals surface area contributed by atoms with E-state index in [2.05, 4.69) is 63.4 Å². The summed E-state index contributed by atoms with van der Waals surface area (Å²) in [5, 5.41) is 16.0. The second kappa shape index (κ2) is 18.6. The van der Waals surface area contributed by atoms with Gasteiger partial charge in [-0.3, -0.25) is 19.8 Å². The molecule has 5 aromatic rings. The summed E-state index contributed by atoms with van der Waals surface area (Å²) in [4.78, 5) is 41.7. The minimum absolute atomic E-state index is 0.0476. The van der Waals surface area contributed by atoms with Crippen molar-refractivity contribution in [2.45, 2.75) is 112 Å². The molecule has 4 aliphatic heterocycles. The number of aromatic nitrogens is 3. The van der Waals surface area contributed by atoms with E-state index in [-0.39, 0.29) is 35.8 Å². The first-order chi connectivity index (χ1) is 33.4. The third-order valence-electron chi connectivity index (χ3n) is 15.4. The molecule has 69 heavy (non-hydrogen) atoms. The number of hydrogen-bond acceptors (Lipinski definition) is 14. The van der Waals surface area contributed by atoms with Crippen LogP contribution < -0.4 is 19.7 Å². The molecular weight excluding hydrogens is 919 g/mol. The Morgan fingerprint density at radius 1 is 0.957 bits per heavy atom. The molecule has 2 aromatic carbocycles. The van der Waals surface area contributed by atoms with Crippen LogP contribution in [-0.4, -0.2) is 106 Å². The quantitative estimate of drug-likeness (QED) is 0.0704. The van der Waals surface area contributed by atoms with Crippen LogP contribution in [0.4, 0.5) is 17.2 Å². The lowest BCUT2D eigenvalue weighted by Crippen LogP contribution is -2.54. The number of carbonyl (C=O) groups excluding carboxylic acids is 1. The monoisotopic (exact) mass is 977 g/mol. The topological polar surface area (TPSA) is 214 Å². The molecule has 1 spiro atoms.